The normalized spacial score (nSPS) is 19.4. The molecule has 1 heterocycles. The standard InChI is InChI=1S/C12H13BrN2O3/c1-7-6-11(15(17)18)8(2)5-10(7)14-4-3-9(13)12(14)16/h5-6,9H,3-4H2,1-2H3. The van der Waals surface area contributed by atoms with Crippen molar-refractivity contribution in [2.24, 2.45) is 0 Å². The highest BCUT2D eigenvalue weighted by Crippen LogP contribution is 2.32. The molecule has 18 heavy (non-hydrogen) atoms. The minimum absolute atomic E-state index is 0.0198. The van der Waals surface area contributed by atoms with E-state index in [2.05, 4.69) is 15.9 Å². The maximum Gasteiger partial charge on any atom is 0.272 e. The Morgan fingerprint density at radius 3 is 2.56 bits per heavy atom. The third kappa shape index (κ3) is 2.12. The summed E-state index contributed by atoms with van der Waals surface area (Å²) in [7, 11) is 0. The minimum atomic E-state index is -0.398. The number of amides is 1. The van der Waals surface area contributed by atoms with Crippen LogP contribution in [0, 0.1) is 24.0 Å². The van der Waals surface area contributed by atoms with Crippen molar-refractivity contribution in [2.75, 3.05) is 11.4 Å². The summed E-state index contributed by atoms with van der Waals surface area (Å²) in [6.07, 6.45) is 0.758. The van der Waals surface area contributed by atoms with E-state index in [0.717, 1.165) is 17.7 Å². The second kappa shape index (κ2) is 4.68. The number of anilines is 1. The Bertz CT molecular complexity index is 530. The van der Waals surface area contributed by atoms with Crippen LogP contribution in [0.4, 0.5) is 11.4 Å². The molecule has 1 amide bonds. The lowest BCUT2D eigenvalue weighted by atomic mass is 10.1. The molecule has 96 valence electrons. The molecule has 0 N–H and O–H groups in total. The molecule has 1 unspecified atom stereocenters. The van der Waals surface area contributed by atoms with E-state index in [0.29, 0.717) is 12.1 Å². The smallest absolute Gasteiger partial charge is 0.272 e. The highest BCUT2D eigenvalue weighted by Gasteiger charge is 2.31. The predicted octanol–water partition coefficient (Wildman–Crippen LogP) is 2.71. The molecule has 1 fully saturated rings. The van der Waals surface area contributed by atoms with Crippen molar-refractivity contribution >= 4 is 33.2 Å². The van der Waals surface area contributed by atoms with Gasteiger partial charge in [0.25, 0.3) is 5.69 Å². The summed E-state index contributed by atoms with van der Waals surface area (Å²) in [5, 5.41) is 10.8. The first kappa shape index (κ1) is 13.0. The zero-order valence-electron chi connectivity index (χ0n) is 10.1. The van der Waals surface area contributed by atoms with Crippen molar-refractivity contribution in [3.63, 3.8) is 0 Å². The van der Waals surface area contributed by atoms with Crippen molar-refractivity contribution < 1.29 is 9.72 Å². The van der Waals surface area contributed by atoms with E-state index in [9.17, 15) is 14.9 Å². The Labute approximate surface area is 113 Å². The molecule has 1 aromatic carbocycles. The van der Waals surface area contributed by atoms with Gasteiger partial charge in [-0.25, -0.2) is 0 Å². The van der Waals surface area contributed by atoms with Crippen molar-refractivity contribution in [3.05, 3.63) is 33.4 Å². The van der Waals surface area contributed by atoms with Gasteiger partial charge in [-0.15, -0.1) is 0 Å². The number of benzene rings is 1. The van der Waals surface area contributed by atoms with Gasteiger partial charge in [0, 0.05) is 23.9 Å². The average molecular weight is 313 g/mol. The average Bonchev–Trinajstić information content (AvgIpc) is 2.62. The first-order valence-electron chi connectivity index (χ1n) is 5.63. The Morgan fingerprint density at radius 1 is 1.39 bits per heavy atom. The number of carbonyl (C=O) groups excluding carboxylic acids is 1. The van der Waals surface area contributed by atoms with Gasteiger partial charge < -0.3 is 4.90 Å². The molecule has 0 saturated carbocycles. The van der Waals surface area contributed by atoms with Crippen LogP contribution in [0.3, 0.4) is 0 Å². The van der Waals surface area contributed by atoms with Crippen LogP contribution in [0.25, 0.3) is 0 Å². The van der Waals surface area contributed by atoms with E-state index < -0.39 is 4.92 Å². The first-order chi connectivity index (χ1) is 8.41. The predicted molar refractivity (Wildman–Crippen MR) is 72.3 cm³/mol. The molecular formula is C12H13BrN2O3. The number of aryl methyl sites for hydroxylation is 2. The molecule has 1 aliphatic rings. The lowest BCUT2D eigenvalue weighted by Gasteiger charge is -2.19. The van der Waals surface area contributed by atoms with Gasteiger partial charge in [0.05, 0.1) is 9.75 Å². The third-order valence-electron chi connectivity index (χ3n) is 3.14. The molecule has 1 atom stereocenters. The molecular weight excluding hydrogens is 300 g/mol. The number of halogens is 1. The number of hydrogen-bond acceptors (Lipinski definition) is 3. The van der Waals surface area contributed by atoms with E-state index in [1.165, 1.54) is 6.07 Å². The number of nitro benzene ring substituents is 1. The van der Waals surface area contributed by atoms with Gasteiger partial charge in [-0.3, -0.25) is 14.9 Å². The zero-order chi connectivity index (χ0) is 13.4. The topological polar surface area (TPSA) is 63.5 Å². The fourth-order valence-electron chi connectivity index (χ4n) is 2.16. The van der Waals surface area contributed by atoms with E-state index >= 15 is 0 Å². The number of rotatable bonds is 2. The van der Waals surface area contributed by atoms with E-state index in [1.807, 2.05) is 0 Å². The van der Waals surface area contributed by atoms with Gasteiger partial charge in [0.1, 0.15) is 0 Å². The lowest BCUT2D eigenvalue weighted by Crippen LogP contribution is -2.27. The van der Waals surface area contributed by atoms with Gasteiger partial charge in [-0.05, 0) is 31.9 Å². The van der Waals surface area contributed by atoms with Crippen molar-refractivity contribution in [1.29, 1.82) is 0 Å². The summed E-state index contributed by atoms with van der Waals surface area (Å²) in [5.41, 5.74) is 2.19. The number of nitro groups is 1. The van der Waals surface area contributed by atoms with E-state index in [-0.39, 0.29) is 16.4 Å². The maximum absolute atomic E-state index is 11.9. The molecule has 0 radical (unpaired) electrons. The van der Waals surface area contributed by atoms with Crippen LogP contribution in [-0.2, 0) is 4.79 Å². The Balaban J connectivity index is 2.44. The Morgan fingerprint density at radius 2 is 2.06 bits per heavy atom. The van der Waals surface area contributed by atoms with Crippen molar-refractivity contribution in [1.82, 2.24) is 0 Å². The van der Waals surface area contributed by atoms with Crippen LogP contribution in [0.15, 0.2) is 12.1 Å². The fourth-order valence-corrected chi connectivity index (χ4v) is 2.61. The van der Waals surface area contributed by atoms with Crippen LogP contribution >= 0.6 is 15.9 Å². The van der Waals surface area contributed by atoms with Gasteiger partial charge in [0.2, 0.25) is 5.91 Å². The first-order valence-corrected chi connectivity index (χ1v) is 6.54. The van der Waals surface area contributed by atoms with Gasteiger partial charge in [-0.2, -0.15) is 0 Å². The van der Waals surface area contributed by atoms with Crippen LogP contribution in [0.1, 0.15) is 17.5 Å². The Kier molecular flexibility index (Phi) is 3.38. The molecule has 0 aliphatic carbocycles. The number of alkyl halides is 1. The van der Waals surface area contributed by atoms with Crippen LogP contribution in [0.5, 0.6) is 0 Å². The summed E-state index contributed by atoms with van der Waals surface area (Å²) in [6, 6.07) is 3.25. The largest absolute Gasteiger partial charge is 0.311 e. The highest BCUT2D eigenvalue weighted by molar-refractivity contribution is 9.10. The zero-order valence-corrected chi connectivity index (χ0v) is 11.7. The summed E-state index contributed by atoms with van der Waals surface area (Å²) in [5.74, 6) is 0.0198. The third-order valence-corrected chi connectivity index (χ3v) is 3.99. The monoisotopic (exact) mass is 312 g/mol. The molecule has 6 heteroatoms. The molecule has 0 bridgehead atoms. The number of nitrogens with zero attached hydrogens (tertiary/aromatic N) is 2. The molecule has 1 aliphatic heterocycles. The minimum Gasteiger partial charge on any atom is -0.311 e. The number of hydrogen-bond donors (Lipinski definition) is 0. The summed E-state index contributed by atoms with van der Waals surface area (Å²) in [4.78, 5) is 23.9. The van der Waals surface area contributed by atoms with Crippen LogP contribution in [-0.4, -0.2) is 22.2 Å². The summed E-state index contributed by atoms with van der Waals surface area (Å²) >= 11 is 3.32. The van der Waals surface area contributed by atoms with Crippen molar-refractivity contribution in [2.45, 2.75) is 25.1 Å². The lowest BCUT2D eigenvalue weighted by molar-refractivity contribution is -0.385. The second-order valence-corrected chi connectivity index (χ2v) is 5.53. The molecule has 1 saturated heterocycles. The van der Waals surface area contributed by atoms with Crippen LogP contribution in [0.2, 0.25) is 0 Å². The molecule has 0 spiro atoms. The van der Waals surface area contributed by atoms with E-state index in [1.54, 1.807) is 24.8 Å². The van der Waals surface area contributed by atoms with Crippen LogP contribution < -0.4 is 4.90 Å². The maximum atomic E-state index is 11.9. The number of carbonyl (C=O) groups is 1. The second-order valence-electron chi connectivity index (χ2n) is 4.43. The Hall–Kier alpha value is -1.43. The molecule has 2 rings (SSSR count). The SMILES string of the molecule is Cc1cc([N+](=O)[O-])c(C)cc1N1CCC(Br)C1=O. The van der Waals surface area contributed by atoms with E-state index in [4.69, 9.17) is 0 Å². The molecule has 1 aromatic rings. The van der Waals surface area contributed by atoms with Gasteiger partial charge >= 0.3 is 0 Å². The molecule has 0 aromatic heterocycles. The quantitative estimate of drug-likeness (QED) is 0.479. The van der Waals surface area contributed by atoms with Gasteiger partial charge in [-0.1, -0.05) is 15.9 Å². The molecule has 5 nitrogen and oxygen atoms in total. The summed E-state index contributed by atoms with van der Waals surface area (Å²) in [6.45, 7) is 4.12. The van der Waals surface area contributed by atoms with Crippen molar-refractivity contribution in [3.8, 4) is 0 Å². The fraction of sp³-hybridized carbons (Fsp3) is 0.417. The highest BCUT2D eigenvalue weighted by atomic mass is 79.9. The van der Waals surface area contributed by atoms with Gasteiger partial charge in [0.15, 0.2) is 0 Å². The summed E-state index contributed by atoms with van der Waals surface area (Å²) < 4.78 is 0.